The van der Waals surface area contributed by atoms with E-state index in [9.17, 15) is 4.79 Å². The highest BCUT2D eigenvalue weighted by molar-refractivity contribution is 5.75. The van der Waals surface area contributed by atoms with E-state index < -0.39 is 5.41 Å². The van der Waals surface area contributed by atoms with Crippen LogP contribution in [-0.2, 0) is 16.1 Å². The monoisotopic (exact) mass is 210 g/mol. The van der Waals surface area contributed by atoms with Crippen LogP contribution in [0.5, 0.6) is 5.75 Å². The first-order chi connectivity index (χ1) is 6.89. The van der Waals surface area contributed by atoms with Gasteiger partial charge in [-0.05, 0) is 20.8 Å². The Kier molecular flexibility index (Phi) is 3.24. The third-order valence-corrected chi connectivity index (χ3v) is 1.64. The smallest absolute Gasteiger partial charge is 0.311 e. The van der Waals surface area contributed by atoms with E-state index in [1.54, 1.807) is 20.8 Å². The van der Waals surface area contributed by atoms with Crippen LogP contribution in [0.3, 0.4) is 0 Å². The summed E-state index contributed by atoms with van der Waals surface area (Å²) >= 11 is 0. The van der Waals surface area contributed by atoms with Crippen molar-refractivity contribution in [3.8, 4) is 5.75 Å². The van der Waals surface area contributed by atoms with Gasteiger partial charge < -0.3 is 9.84 Å². The summed E-state index contributed by atoms with van der Waals surface area (Å²) < 4.78 is 4.99. The van der Waals surface area contributed by atoms with Gasteiger partial charge in [-0.15, -0.1) is 0 Å². The first kappa shape index (κ1) is 11.4. The number of ether oxygens (including phenoxy) is 1. The molecule has 0 saturated heterocycles. The first-order valence-electron chi connectivity index (χ1n) is 4.57. The van der Waals surface area contributed by atoms with Gasteiger partial charge in [0.25, 0.3) is 0 Å². The van der Waals surface area contributed by atoms with Crippen LogP contribution in [0.15, 0.2) is 12.4 Å². The van der Waals surface area contributed by atoms with Gasteiger partial charge in [-0.3, -0.25) is 4.79 Å². The van der Waals surface area contributed by atoms with Crippen molar-refractivity contribution in [2.45, 2.75) is 27.4 Å². The standard InChI is InChI=1S/C10H14N2O3/c1-10(2,3)9(14)15-6-8-11-4-7(13)5-12-8/h4-5,13H,6H2,1-3H3. The summed E-state index contributed by atoms with van der Waals surface area (Å²) in [6, 6.07) is 0. The second-order valence-corrected chi connectivity index (χ2v) is 4.18. The third-order valence-electron chi connectivity index (χ3n) is 1.64. The molecule has 0 aromatic carbocycles. The van der Waals surface area contributed by atoms with Gasteiger partial charge in [-0.1, -0.05) is 0 Å². The van der Waals surface area contributed by atoms with Gasteiger partial charge in [0.15, 0.2) is 18.2 Å². The lowest BCUT2D eigenvalue weighted by Crippen LogP contribution is -2.23. The average Bonchev–Trinajstić information content (AvgIpc) is 2.15. The van der Waals surface area contributed by atoms with Gasteiger partial charge in [-0.25, -0.2) is 9.97 Å². The number of hydrogen-bond donors (Lipinski definition) is 1. The Morgan fingerprint density at radius 1 is 1.40 bits per heavy atom. The van der Waals surface area contributed by atoms with Crippen molar-refractivity contribution in [1.82, 2.24) is 9.97 Å². The molecular weight excluding hydrogens is 196 g/mol. The lowest BCUT2D eigenvalue weighted by atomic mass is 9.97. The van der Waals surface area contributed by atoms with E-state index in [1.165, 1.54) is 12.4 Å². The number of hydrogen-bond acceptors (Lipinski definition) is 5. The summed E-state index contributed by atoms with van der Waals surface area (Å²) in [6.45, 7) is 5.34. The average molecular weight is 210 g/mol. The fourth-order valence-corrected chi connectivity index (χ4v) is 0.769. The van der Waals surface area contributed by atoms with Gasteiger partial charge in [0.05, 0.1) is 17.8 Å². The molecule has 0 aliphatic heterocycles. The van der Waals surface area contributed by atoms with Crippen LogP contribution >= 0.6 is 0 Å². The molecule has 82 valence electrons. The number of carbonyl (C=O) groups excluding carboxylic acids is 1. The van der Waals surface area contributed by atoms with Gasteiger partial charge >= 0.3 is 5.97 Å². The highest BCUT2D eigenvalue weighted by Crippen LogP contribution is 2.15. The van der Waals surface area contributed by atoms with Crippen LogP contribution in [0.1, 0.15) is 26.6 Å². The topological polar surface area (TPSA) is 72.3 Å². The van der Waals surface area contributed by atoms with Gasteiger partial charge in [-0.2, -0.15) is 0 Å². The maximum Gasteiger partial charge on any atom is 0.311 e. The van der Waals surface area contributed by atoms with Crippen molar-refractivity contribution in [3.05, 3.63) is 18.2 Å². The summed E-state index contributed by atoms with van der Waals surface area (Å²) in [5.74, 6) is 0.0467. The van der Waals surface area contributed by atoms with E-state index in [2.05, 4.69) is 9.97 Å². The molecule has 0 bridgehead atoms. The molecule has 0 saturated carbocycles. The Bertz CT molecular complexity index is 341. The molecular formula is C10H14N2O3. The maximum absolute atomic E-state index is 11.4. The highest BCUT2D eigenvalue weighted by atomic mass is 16.5. The second-order valence-electron chi connectivity index (χ2n) is 4.18. The zero-order valence-electron chi connectivity index (χ0n) is 9.02. The summed E-state index contributed by atoms with van der Waals surface area (Å²) in [7, 11) is 0. The normalized spacial score (nSPS) is 11.1. The molecule has 5 nitrogen and oxygen atoms in total. The Hall–Kier alpha value is -1.65. The van der Waals surface area contributed by atoms with Crippen LogP contribution in [0.4, 0.5) is 0 Å². The Labute approximate surface area is 88.1 Å². The molecule has 1 N–H and O–H groups in total. The lowest BCUT2D eigenvalue weighted by molar-refractivity contribution is -0.154. The van der Waals surface area contributed by atoms with Gasteiger partial charge in [0.1, 0.15) is 0 Å². The van der Waals surface area contributed by atoms with Crippen molar-refractivity contribution in [2.75, 3.05) is 0 Å². The predicted molar refractivity (Wildman–Crippen MR) is 52.9 cm³/mol. The van der Waals surface area contributed by atoms with Crippen molar-refractivity contribution in [3.63, 3.8) is 0 Å². The van der Waals surface area contributed by atoms with Crippen molar-refractivity contribution < 1.29 is 14.6 Å². The highest BCUT2D eigenvalue weighted by Gasteiger charge is 2.23. The molecule has 0 amide bonds. The Morgan fingerprint density at radius 2 is 1.93 bits per heavy atom. The number of carbonyl (C=O) groups is 1. The molecule has 0 radical (unpaired) electrons. The lowest BCUT2D eigenvalue weighted by Gasteiger charge is -2.15. The molecule has 0 aliphatic rings. The number of aromatic nitrogens is 2. The maximum atomic E-state index is 11.4. The predicted octanol–water partition coefficient (Wildman–Crippen LogP) is 1.27. The Balaban J connectivity index is 2.51. The minimum absolute atomic E-state index is 0.0131. The molecule has 0 aliphatic carbocycles. The SMILES string of the molecule is CC(C)(C)C(=O)OCc1ncc(O)cn1. The van der Waals surface area contributed by atoms with Crippen molar-refractivity contribution in [1.29, 1.82) is 0 Å². The minimum atomic E-state index is -0.531. The van der Waals surface area contributed by atoms with E-state index >= 15 is 0 Å². The minimum Gasteiger partial charge on any atom is -0.505 e. The Morgan fingerprint density at radius 3 is 2.40 bits per heavy atom. The van der Waals surface area contributed by atoms with E-state index in [1.807, 2.05) is 0 Å². The quantitative estimate of drug-likeness (QED) is 0.744. The molecule has 1 heterocycles. The summed E-state index contributed by atoms with van der Waals surface area (Å²) in [6.07, 6.45) is 2.51. The van der Waals surface area contributed by atoms with Crippen molar-refractivity contribution >= 4 is 5.97 Å². The van der Waals surface area contributed by atoms with E-state index in [0.717, 1.165) is 0 Å². The van der Waals surface area contributed by atoms with E-state index in [-0.39, 0.29) is 18.3 Å². The molecule has 0 fully saturated rings. The molecule has 1 aromatic heterocycles. The zero-order valence-corrected chi connectivity index (χ0v) is 9.02. The molecule has 0 atom stereocenters. The van der Waals surface area contributed by atoms with E-state index in [4.69, 9.17) is 9.84 Å². The second kappa shape index (κ2) is 4.25. The van der Waals surface area contributed by atoms with Crippen LogP contribution in [0.2, 0.25) is 0 Å². The van der Waals surface area contributed by atoms with Crippen LogP contribution < -0.4 is 0 Å². The fraction of sp³-hybridized carbons (Fsp3) is 0.500. The molecule has 0 unspecified atom stereocenters. The number of esters is 1. The molecule has 0 spiro atoms. The summed E-state index contributed by atoms with van der Waals surface area (Å²) in [4.78, 5) is 19.0. The summed E-state index contributed by atoms with van der Waals surface area (Å²) in [5.41, 5.74) is -0.531. The number of aromatic hydroxyl groups is 1. The van der Waals surface area contributed by atoms with Gasteiger partial charge in [0.2, 0.25) is 0 Å². The summed E-state index contributed by atoms with van der Waals surface area (Å²) in [5, 5.41) is 8.93. The number of nitrogens with zero attached hydrogens (tertiary/aromatic N) is 2. The third kappa shape index (κ3) is 3.53. The molecule has 5 heteroatoms. The first-order valence-corrected chi connectivity index (χ1v) is 4.57. The fourth-order valence-electron chi connectivity index (χ4n) is 0.769. The largest absolute Gasteiger partial charge is 0.505 e. The zero-order chi connectivity index (χ0) is 11.5. The number of rotatable bonds is 2. The molecule has 1 rings (SSSR count). The van der Waals surface area contributed by atoms with Gasteiger partial charge in [0, 0.05) is 0 Å². The van der Waals surface area contributed by atoms with E-state index in [0.29, 0.717) is 5.82 Å². The van der Waals surface area contributed by atoms with Crippen LogP contribution in [0.25, 0.3) is 0 Å². The molecule has 15 heavy (non-hydrogen) atoms. The van der Waals surface area contributed by atoms with Crippen LogP contribution in [0, 0.1) is 5.41 Å². The van der Waals surface area contributed by atoms with Crippen LogP contribution in [-0.4, -0.2) is 21.0 Å². The molecule has 1 aromatic rings. The van der Waals surface area contributed by atoms with Crippen molar-refractivity contribution in [2.24, 2.45) is 5.41 Å².